The SMILES string of the molecule is CC(C)(C)c1cc2c3c(c1)N(c1ccccc1C(C)(C)C)c1c(oc4ccc(C(C)(C)C)cc14)B3c1cc3c(cc1N2C1=C[C@H]2C(C=C1)C(C)(C)CCC2(C)C)C(C)(C)CCC3(C)C. The second-order valence-corrected chi connectivity index (χ2v) is 26.5. The summed E-state index contributed by atoms with van der Waals surface area (Å²) in [7, 11) is 0. The van der Waals surface area contributed by atoms with Gasteiger partial charge in [0.05, 0.1) is 11.3 Å². The number of para-hydroxylation sites is 1. The summed E-state index contributed by atoms with van der Waals surface area (Å²) in [4.78, 5) is 5.36. The molecule has 4 heteroatoms. The predicted octanol–water partition coefficient (Wildman–Crippen LogP) is 15.0. The maximum absolute atomic E-state index is 7.49. The van der Waals surface area contributed by atoms with Crippen LogP contribution in [-0.4, -0.2) is 6.71 Å². The molecule has 3 heterocycles. The Kier molecular flexibility index (Phi) is 9.22. The third-order valence-electron chi connectivity index (χ3n) is 17.0. The summed E-state index contributed by atoms with van der Waals surface area (Å²) in [5.41, 5.74) is 19.6. The van der Waals surface area contributed by atoms with Gasteiger partial charge in [-0.1, -0.05) is 160 Å². The average molecular weight is 851 g/mol. The van der Waals surface area contributed by atoms with Crippen LogP contribution < -0.4 is 26.4 Å². The molecule has 1 unspecified atom stereocenters. The van der Waals surface area contributed by atoms with Gasteiger partial charge in [0.15, 0.2) is 0 Å². The summed E-state index contributed by atoms with van der Waals surface area (Å²) in [5, 5.41) is 1.19. The molecule has 2 aliphatic heterocycles. The van der Waals surface area contributed by atoms with E-state index in [2.05, 4.69) is 212 Å². The second-order valence-electron chi connectivity index (χ2n) is 26.5. The highest BCUT2D eigenvalue weighted by Gasteiger charge is 2.52. The van der Waals surface area contributed by atoms with Crippen molar-refractivity contribution in [1.82, 2.24) is 0 Å². The molecule has 3 aliphatic carbocycles. The van der Waals surface area contributed by atoms with Crippen LogP contribution in [0.5, 0.6) is 0 Å². The monoisotopic (exact) mass is 851 g/mol. The summed E-state index contributed by atoms with van der Waals surface area (Å²) in [6.45, 7) is 41.1. The molecule has 4 aromatic carbocycles. The van der Waals surface area contributed by atoms with E-state index in [1.807, 2.05) is 0 Å². The van der Waals surface area contributed by atoms with Crippen LogP contribution in [0, 0.1) is 22.7 Å². The molecule has 0 radical (unpaired) electrons. The summed E-state index contributed by atoms with van der Waals surface area (Å²) in [6.07, 6.45) is 12.6. The van der Waals surface area contributed by atoms with Crippen molar-refractivity contribution in [3.63, 3.8) is 0 Å². The first-order chi connectivity index (χ1) is 29.6. The molecular formula is C60H75BN2O. The number of hydrogen-bond donors (Lipinski definition) is 0. The molecule has 0 N–H and O–H groups in total. The smallest absolute Gasteiger partial charge is 0.297 e. The van der Waals surface area contributed by atoms with E-state index in [0.29, 0.717) is 11.8 Å². The molecule has 0 amide bonds. The summed E-state index contributed by atoms with van der Waals surface area (Å²) in [6, 6.07) is 26.6. The molecule has 5 aliphatic rings. The Labute approximate surface area is 386 Å². The molecule has 334 valence electrons. The van der Waals surface area contributed by atoms with Gasteiger partial charge < -0.3 is 14.2 Å². The van der Waals surface area contributed by atoms with Crippen LogP contribution in [0.1, 0.15) is 171 Å². The first-order valence-electron chi connectivity index (χ1n) is 24.6. The van der Waals surface area contributed by atoms with Gasteiger partial charge in [0, 0.05) is 33.8 Å². The van der Waals surface area contributed by atoms with Gasteiger partial charge in [-0.2, -0.15) is 0 Å². The zero-order valence-electron chi connectivity index (χ0n) is 42.4. The van der Waals surface area contributed by atoms with E-state index in [-0.39, 0.29) is 44.6 Å². The Morgan fingerprint density at radius 1 is 0.578 bits per heavy atom. The van der Waals surface area contributed by atoms with Gasteiger partial charge in [0.2, 0.25) is 0 Å². The Balaban J connectivity index is 1.37. The van der Waals surface area contributed by atoms with Crippen molar-refractivity contribution in [2.45, 2.75) is 170 Å². The van der Waals surface area contributed by atoms with E-state index in [9.17, 15) is 0 Å². The Bertz CT molecular complexity index is 2820. The summed E-state index contributed by atoms with van der Waals surface area (Å²) < 4.78 is 7.49. The van der Waals surface area contributed by atoms with Gasteiger partial charge in [0.25, 0.3) is 6.71 Å². The average Bonchev–Trinajstić information content (AvgIpc) is 3.58. The highest BCUT2D eigenvalue weighted by atomic mass is 16.3. The lowest BCUT2D eigenvalue weighted by Crippen LogP contribution is -2.62. The standard InChI is InChI=1S/C60H75BN2O/c1-54(2,3)36-22-25-50-39(30-36)52-53(64-50)61-45-34-43-44(60(16,17)29-28-59(43,14)15)35-47(45)62(38-23-24-40-42(33-38)58(12,13)27-26-57(40,10)11)48-31-37(55(4,5)6)32-49(51(48)61)63(52)46-21-19-18-20-41(46)56(7,8)9/h18-25,30-35,40,42H,26-29H2,1-17H3/t40?,42-/m0/s1. The molecule has 2 atom stereocenters. The fourth-order valence-corrected chi connectivity index (χ4v) is 12.5. The number of allylic oxidation sites excluding steroid dienone is 3. The first kappa shape index (κ1) is 43.5. The molecule has 1 saturated carbocycles. The van der Waals surface area contributed by atoms with Gasteiger partial charge in [0.1, 0.15) is 5.58 Å². The fourth-order valence-electron chi connectivity index (χ4n) is 12.5. The number of hydrogen-bond acceptors (Lipinski definition) is 3. The predicted molar refractivity (Wildman–Crippen MR) is 277 cm³/mol. The second kappa shape index (κ2) is 13.6. The number of anilines is 5. The minimum Gasteiger partial charge on any atom is -0.468 e. The number of nitrogens with zero attached hydrogens (tertiary/aromatic N) is 2. The topological polar surface area (TPSA) is 19.6 Å². The van der Waals surface area contributed by atoms with Gasteiger partial charge in [-0.05, 0) is 157 Å². The molecule has 1 fully saturated rings. The van der Waals surface area contributed by atoms with Crippen molar-refractivity contribution in [3.05, 3.63) is 118 Å². The maximum atomic E-state index is 7.49. The van der Waals surface area contributed by atoms with Gasteiger partial charge >= 0.3 is 0 Å². The van der Waals surface area contributed by atoms with Crippen LogP contribution >= 0.6 is 0 Å². The molecule has 1 aromatic heterocycles. The van der Waals surface area contributed by atoms with Gasteiger partial charge in [-0.25, -0.2) is 0 Å². The van der Waals surface area contributed by atoms with Crippen LogP contribution in [0.15, 0.2) is 95.1 Å². The fraction of sp³-hybridized carbons (Fsp3) is 0.500. The van der Waals surface area contributed by atoms with Gasteiger partial charge in [-0.15, -0.1) is 0 Å². The third kappa shape index (κ3) is 6.48. The lowest BCUT2D eigenvalue weighted by atomic mass is 9.35. The number of furan rings is 1. The van der Waals surface area contributed by atoms with Crippen LogP contribution in [-0.2, 0) is 27.1 Å². The van der Waals surface area contributed by atoms with E-state index in [4.69, 9.17) is 4.42 Å². The van der Waals surface area contributed by atoms with Crippen molar-refractivity contribution < 1.29 is 4.42 Å². The van der Waals surface area contributed by atoms with E-state index in [1.54, 1.807) is 0 Å². The highest BCUT2D eigenvalue weighted by molar-refractivity contribution is 7.00. The van der Waals surface area contributed by atoms with Crippen LogP contribution in [0.25, 0.3) is 11.0 Å². The zero-order valence-corrected chi connectivity index (χ0v) is 42.4. The highest BCUT2D eigenvalue weighted by Crippen LogP contribution is 2.57. The number of rotatable bonds is 2. The molecule has 5 aromatic rings. The van der Waals surface area contributed by atoms with Crippen molar-refractivity contribution in [1.29, 1.82) is 0 Å². The Morgan fingerprint density at radius 3 is 1.80 bits per heavy atom. The van der Waals surface area contributed by atoms with E-state index < -0.39 is 0 Å². The van der Waals surface area contributed by atoms with Crippen molar-refractivity contribution in [2.75, 3.05) is 9.80 Å². The lowest BCUT2D eigenvalue weighted by molar-refractivity contribution is 0.0327. The normalized spacial score (nSPS) is 22.6. The molecular weight excluding hydrogens is 775 g/mol. The van der Waals surface area contributed by atoms with Crippen molar-refractivity contribution in [2.24, 2.45) is 22.7 Å². The lowest BCUT2D eigenvalue weighted by Gasteiger charge is -2.52. The van der Waals surface area contributed by atoms with Crippen molar-refractivity contribution in [3.8, 4) is 0 Å². The Hall–Kier alpha value is -4.44. The molecule has 0 spiro atoms. The number of fused-ring (bicyclic) bond motifs is 8. The third-order valence-corrected chi connectivity index (χ3v) is 17.0. The molecule has 0 bridgehead atoms. The largest absolute Gasteiger partial charge is 0.468 e. The van der Waals surface area contributed by atoms with E-state index in [1.165, 1.54) is 104 Å². The molecule has 3 nitrogen and oxygen atoms in total. The van der Waals surface area contributed by atoms with Gasteiger partial charge in [-0.3, -0.25) is 0 Å². The first-order valence-corrected chi connectivity index (χ1v) is 24.6. The van der Waals surface area contributed by atoms with Crippen molar-refractivity contribution >= 4 is 62.7 Å². The maximum Gasteiger partial charge on any atom is 0.297 e. The summed E-state index contributed by atoms with van der Waals surface area (Å²) >= 11 is 0. The number of benzene rings is 4. The van der Waals surface area contributed by atoms with E-state index >= 15 is 0 Å². The van der Waals surface area contributed by atoms with Crippen LogP contribution in [0.3, 0.4) is 0 Å². The summed E-state index contributed by atoms with van der Waals surface area (Å²) in [5.74, 6) is 0.928. The molecule has 0 saturated heterocycles. The minimum atomic E-state index is -0.112. The van der Waals surface area contributed by atoms with E-state index in [0.717, 1.165) is 11.2 Å². The quantitative estimate of drug-likeness (QED) is 0.162. The molecule has 10 rings (SSSR count). The Morgan fingerprint density at radius 2 is 1.17 bits per heavy atom. The molecule has 64 heavy (non-hydrogen) atoms. The minimum absolute atomic E-state index is 0.0244. The van der Waals surface area contributed by atoms with Crippen LogP contribution in [0.4, 0.5) is 28.4 Å². The van der Waals surface area contributed by atoms with Crippen LogP contribution in [0.2, 0.25) is 0 Å². The zero-order chi connectivity index (χ0) is 46.1.